The summed E-state index contributed by atoms with van der Waals surface area (Å²) in [5, 5.41) is 10.4. The minimum atomic E-state index is -0.526. The molecule has 0 radical (unpaired) electrons. The Bertz CT molecular complexity index is 564. The molecule has 2 aromatic rings. The standard InChI is InChI=1S/C17H25N3O2/c1-19-10-8-18-17(19)13-20-9-4-2-3-6-14(20)12-15(21)16-7-5-11-22-16/h5,7-8,10-11,14-15,21H,2-4,6,9,12-13H2,1H3. The first-order valence-electron chi connectivity index (χ1n) is 8.16. The number of furan rings is 1. The van der Waals surface area contributed by atoms with Crippen LogP contribution in [0, 0.1) is 0 Å². The van der Waals surface area contributed by atoms with Crippen LogP contribution < -0.4 is 0 Å². The number of hydrogen-bond acceptors (Lipinski definition) is 4. The van der Waals surface area contributed by atoms with Crippen LogP contribution in [0.2, 0.25) is 0 Å². The molecule has 2 unspecified atom stereocenters. The van der Waals surface area contributed by atoms with Gasteiger partial charge in [-0.3, -0.25) is 4.90 Å². The molecule has 0 spiro atoms. The molecule has 3 rings (SSSR count). The van der Waals surface area contributed by atoms with E-state index >= 15 is 0 Å². The van der Waals surface area contributed by atoms with E-state index in [0.717, 1.165) is 31.8 Å². The molecule has 1 aliphatic rings. The molecule has 0 aliphatic carbocycles. The maximum absolute atomic E-state index is 10.4. The van der Waals surface area contributed by atoms with Gasteiger partial charge in [0.2, 0.25) is 0 Å². The second kappa shape index (κ2) is 7.11. The molecule has 1 N–H and O–H groups in total. The smallest absolute Gasteiger partial charge is 0.132 e. The number of imidazole rings is 1. The van der Waals surface area contributed by atoms with Gasteiger partial charge in [-0.15, -0.1) is 0 Å². The van der Waals surface area contributed by atoms with Crippen molar-refractivity contribution in [1.29, 1.82) is 0 Å². The summed E-state index contributed by atoms with van der Waals surface area (Å²) >= 11 is 0. The Morgan fingerprint density at radius 1 is 1.41 bits per heavy atom. The quantitative estimate of drug-likeness (QED) is 0.923. The summed E-state index contributed by atoms with van der Waals surface area (Å²) < 4.78 is 7.42. The summed E-state index contributed by atoms with van der Waals surface area (Å²) in [4.78, 5) is 6.92. The molecule has 0 aromatic carbocycles. The number of aryl methyl sites for hydroxylation is 1. The van der Waals surface area contributed by atoms with Crippen molar-refractivity contribution in [3.8, 4) is 0 Å². The zero-order valence-corrected chi connectivity index (χ0v) is 13.2. The highest BCUT2D eigenvalue weighted by molar-refractivity contribution is 5.03. The van der Waals surface area contributed by atoms with Crippen LogP contribution in [0.15, 0.2) is 35.2 Å². The first kappa shape index (κ1) is 15.3. The first-order chi connectivity index (χ1) is 10.7. The van der Waals surface area contributed by atoms with Crippen LogP contribution >= 0.6 is 0 Å². The van der Waals surface area contributed by atoms with Crippen LogP contribution in [0.25, 0.3) is 0 Å². The van der Waals surface area contributed by atoms with Gasteiger partial charge in [-0.2, -0.15) is 0 Å². The van der Waals surface area contributed by atoms with E-state index in [0.29, 0.717) is 11.8 Å². The summed E-state index contributed by atoms with van der Waals surface area (Å²) in [5.41, 5.74) is 0. The summed E-state index contributed by atoms with van der Waals surface area (Å²) in [6, 6.07) is 4.06. The number of nitrogens with zero attached hydrogens (tertiary/aromatic N) is 3. The molecule has 1 saturated heterocycles. The van der Waals surface area contributed by atoms with Gasteiger partial charge >= 0.3 is 0 Å². The molecule has 2 atom stereocenters. The van der Waals surface area contributed by atoms with Gasteiger partial charge in [-0.25, -0.2) is 4.98 Å². The monoisotopic (exact) mass is 303 g/mol. The lowest BCUT2D eigenvalue weighted by atomic mass is 10.0. The Morgan fingerprint density at radius 3 is 3.05 bits per heavy atom. The number of aliphatic hydroxyl groups is 1. The SMILES string of the molecule is Cn1ccnc1CN1CCCCCC1CC(O)c1ccco1. The highest BCUT2D eigenvalue weighted by atomic mass is 16.4. The average Bonchev–Trinajstić information content (AvgIpc) is 3.12. The molecule has 5 nitrogen and oxygen atoms in total. The van der Waals surface area contributed by atoms with E-state index in [1.165, 1.54) is 19.3 Å². The summed E-state index contributed by atoms with van der Waals surface area (Å²) in [7, 11) is 2.03. The van der Waals surface area contributed by atoms with Crippen molar-refractivity contribution >= 4 is 0 Å². The molecule has 22 heavy (non-hydrogen) atoms. The molecule has 1 aliphatic heterocycles. The van der Waals surface area contributed by atoms with Gasteiger partial charge in [0.15, 0.2) is 0 Å². The van der Waals surface area contributed by atoms with Crippen molar-refractivity contribution in [2.24, 2.45) is 7.05 Å². The Morgan fingerprint density at radius 2 is 2.32 bits per heavy atom. The van der Waals surface area contributed by atoms with Crippen LogP contribution in [-0.4, -0.2) is 32.1 Å². The third-order valence-corrected chi connectivity index (χ3v) is 4.63. The Kier molecular flexibility index (Phi) is 4.95. The van der Waals surface area contributed by atoms with Gasteiger partial charge in [0.25, 0.3) is 0 Å². The second-order valence-electron chi connectivity index (χ2n) is 6.19. The van der Waals surface area contributed by atoms with E-state index < -0.39 is 6.10 Å². The molecule has 0 saturated carbocycles. The number of aromatic nitrogens is 2. The molecular formula is C17H25N3O2. The number of rotatable bonds is 5. The molecule has 0 bridgehead atoms. The molecular weight excluding hydrogens is 278 g/mol. The van der Waals surface area contributed by atoms with Crippen LogP contribution in [0.5, 0.6) is 0 Å². The fraction of sp³-hybridized carbons (Fsp3) is 0.588. The van der Waals surface area contributed by atoms with E-state index in [1.807, 2.05) is 31.6 Å². The Labute approximate surface area is 131 Å². The van der Waals surface area contributed by atoms with Gasteiger partial charge in [-0.05, 0) is 37.9 Å². The highest BCUT2D eigenvalue weighted by Crippen LogP contribution is 2.27. The minimum absolute atomic E-state index is 0.374. The number of likely N-dealkylation sites (tertiary alicyclic amines) is 1. The lowest BCUT2D eigenvalue weighted by molar-refractivity contribution is 0.0815. The van der Waals surface area contributed by atoms with Gasteiger partial charge in [0, 0.05) is 25.5 Å². The third-order valence-electron chi connectivity index (χ3n) is 4.63. The van der Waals surface area contributed by atoms with Gasteiger partial charge in [0.1, 0.15) is 17.7 Å². The average molecular weight is 303 g/mol. The Balaban J connectivity index is 1.69. The van der Waals surface area contributed by atoms with Gasteiger partial charge in [0.05, 0.1) is 12.8 Å². The zero-order valence-electron chi connectivity index (χ0n) is 13.2. The summed E-state index contributed by atoms with van der Waals surface area (Å²) in [6.07, 6.45) is 10.5. The highest BCUT2D eigenvalue weighted by Gasteiger charge is 2.26. The van der Waals surface area contributed by atoms with Crippen LogP contribution in [0.4, 0.5) is 0 Å². The van der Waals surface area contributed by atoms with Crippen molar-refractivity contribution in [2.75, 3.05) is 6.54 Å². The van der Waals surface area contributed by atoms with Crippen LogP contribution in [0.3, 0.4) is 0 Å². The van der Waals surface area contributed by atoms with Gasteiger partial charge < -0.3 is 14.1 Å². The van der Waals surface area contributed by atoms with Crippen molar-refractivity contribution in [3.63, 3.8) is 0 Å². The van der Waals surface area contributed by atoms with E-state index in [2.05, 4.69) is 14.5 Å². The zero-order chi connectivity index (χ0) is 15.4. The van der Waals surface area contributed by atoms with E-state index in [1.54, 1.807) is 6.26 Å². The maximum Gasteiger partial charge on any atom is 0.132 e. The normalized spacial score (nSPS) is 21.6. The lowest BCUT2D eigenvalue weighted by Gasteiger charge is -2.30. The molecule has 3 heterocycles. The predicted molar refractivity (Wildman–Crippen MR) is 84.2 cm³/mol. The van der Waals surface area contributed by atoms with Crippen molar-refractivity contribution in [3.05, 3.63) is 42.4 Å². The van der Waals surface area contributed by atoms with Crippen molar-refractivity contribution < 1.29 is 9.52 Å². The van der Waals surface area contributed by atoms with E-state index in [-0.39, 0.29) is 0 Å². The van der Waals surface area contributed by atoms with Gasteiger partial charge in [-0.1, -0.05) is 12.8 Å². The van der Waals surface area contributed by atoms with E-state index in [9.17, 15) is 5.11 Å². The molecule has 1 fully saturated rings. The molecule has 120 valence electrons. The summed E-state index contributed by atoms with van der Waals surface area (Å²) in [5.74, 6) is 1.75. The van der Waals surface area contributed by atoms with Crippen LogP contribution in [-0.2, 0) is 13.6 Å². The Hall–Kier alpha value is -1.59. The topological polar surface area (TPSA) is 54.4 Å². The fourth-order valence-corrected chi connectivity index (χ4v) is 3.30. The largest absolute Gasteiger partial charge is 0.467 e. The minimum Gasteiger partial charge on any atom is -0.467 e. The number of hydrogen-bond donors (Lipinski definition) is 1. The van der Waals surface area contributed by atoms with E-state index in [4.69, 9.17) is 4.42 Å². The predicted octanol–water partition coefficient (Wildman–Crippen LogP) is 2.88. The second-order valence-corrected chi connectivity index (χ2v) is 6.19. The number of aliphatic hydroxyl groups excluding tert-OH is 1. The molecule has 2 aromatic heterocycles. The lowest BCUT2D eigenvalue weighted by Crippen LogP contribution is -2.36. The van der Waals surface area contributed by atoms with Crippen LogP contribution in [0.1, 0.15) is 49.8 Å². The fourth-order valence-electron chi connectivity index (χ4n) is 3.30. The first-order valence-corrected chi connectivity index (χ1v) is 8.16. The summed E-state index contributed by atoms with van der Waals surface area (Å²) in [6.45, 7) is 1.92. The third kappa shape index (κ3) is 3.59. The van der Waals surface area contributed by atoms with Crippen molar-refractivity contribution in [1.82, 2.24) is 14.5 Å². The van der Waals surface area contributed by atoms with Crippen molar-refractivity contribution in [2.45, 2.75) is 50.8 Å². The molecule has 0 amide bonds. The maximum atomic E-state index is 10.4. The molecule has 5 heteroatoms.